The summed E-state index contributed by atoms with van der Waals surface area (Å²) in [5.74, 6) is 1.26. The Morgan fingerprint density at radius 2 is 1.84 bits per heavy atom. The SMILES string of the molecule is Cc1nc(CN(C(=O)C2CCCc3c(OCc4ccccc4)cccc32)c2ccc(C(C)C)cc2)cs1. The molecule has 1 aliphatic rings. The van der Waals surface area contributed by atoms with Crippen LogP contribution in [0, 0.1) is 6.92 Å². The molecule has 0 radical (unpaired) electrons. The Hall–Kier alpha value is -3.44. The van der Waals surface area contributed by atoms with Gasteiger partial charge in [0.05, 0.1) is 23.2 Å². The maximum absolute atomic E-state index is 14.2. The molecule has 0 saturated carbocycles. The van der Waals surface area contributed by atoms with Crippen LogP contribution in [0.5, 0.6) is 5.75 Å². The first-order chi connectivity index (χ1) is 18.0. The Kier molecular flexibility index (Phi) is 7.71. The summed E-state index contributed by atoms with van der Waals surface area (Å²) in [5, 5.41) is 3.07. The van der Waals surface area contributed by atoms with Gasteiger partial charge < -0.3 is 9.64 Å². The topological polar surface area (TPSA) is 42.4 Å². The molecule has 0 N–H and O–H groups in total. The smallest absolute Gasteiger partial charge is 0.234 e. The number of amides is 1. The number of nitrogens with zero attached hydrogens (tertiary/aromatic N) is 2. The summed E-state index contributed by atoms with van der Waals surface area (Å²) in [7, 11) is 0. The number of benzene rings is 3. The minimum absolute atomic E-state index is 0.129. The number of thiazole rings is 1. The summed E-state index contributed by atoms with van der Waals surface area (Å²) in [4.78, 5) is 20.8. The summed E-state index contributed by atoms with van der Waals surface area (Å²) in [6, 6.07) is 24.8. The van der Waals surface area contributed by atoms with E-state index in [1.807, 2.05) is 42.2 Å². The highest BCUT2D eigenvalue weighted by atomic mass is 32.1. The first kappa shape index (κ1) is 25.2. The van der Waals surface area contributed by atoms with Crippen molar-refractivity contribution in [1.29, 1.82) is 0 Å². The van der Waals surface area contributed by atoms with E-state index in [1.165, 1.54) is 11.1 Å². The fraction of sp³-hybridized carbons (Fsp3) is 0.312. The molecule has 1 amide bonds. The van der Waals surface area contributed by atoms with Gasteiger partial charge in [-0.25, -0.2) is 4.98 Å². The molecule has 1 unspecified atom stereocenters. The third-order valence-corrected chi connectivity index (χ3v) is 7.95. The number of carbonyl (C=O) groups is 1. The van der Waals surface area contributed by atoms with Crippen LogP contribution >= 0.6 is 11.3 Å². The second-order valence-corrected chi connectivity index (χ2v) is 11.1. The molecule has 1 atom stereocenters. The lowest BCUT2D eigenvalue weighted by Crippen LogP contribution is -2.36. The molecule has 190 valence electrons. The summed E-state index contributed by atoms with van der Waals surface area (Å²) in [6.45, 7) is 7.37. The molecule has 3 aromatic carbocycles. The van der Waals surface area contributed by atoms with Crippen LogP contribution in [-0.4, -0.2) is 10.9 Å². The molecule has 4 nitrogen and oxygen atoms in total. The van der Waals surface area contributed by atoms with Crippen LogP contribution in [0.3, 0.4) is 0 Å². The highest BCUT2D eigenvalue weighted by molar-refractivity contribution is 7.09. The number of anilines is 1. The standard InChI is InChI=1S/C32H34N2O2S/c1-22(2)25-15-17-27(18-16-25)34(19-26-21-37-23(3)33-26)32(35)30-13-7-12-29-28(30)11-8-14-31(29)36-20-24-9-5-4-6-10-24/h4-6,8-11,14-18,21-22,30H,7,12-13,19-20H2,1-3H3. The van der Waals surface area contributed by atoms with Crippen LogP contribution in [0.25, 0.3) is 0 Å². The third kappa shape index (κ3) is 5.78. The second-order valence-electron chi connectivity index (χ2n) is 10.1. The first-order valence-electron chi connectivity index (χ1n) is 13.1. The zero-order valence-corrected chi connectivity index (χ0v) is 22.6. The first-order valence-corrected chi connectivity index (χ1v) is 14.0. The Bertz CT molecular complexity index is 1340. The van der Waals surface area contributed by atoms with Crippen molar-refractivity contribution in [2.24, 2.45) is 0 Å². The van der Waals surface area contributed by atoms with Crippen molar-refractivity contribution in [3.63, 3.8) is 0 Å². The van der Waals surface area contributed by atoms with Gasteiger partial charge in [-0.3, -0.25) is 4.79 Å². The molecule has 0 aliphatic heterocycles. The van der Waals surface area contributed by atoms with Crippen molar-refractivity contribution < 1.29 is 9.53 Å². The van der Waals surface area contributed by atoms with Crippen molar-refractivity contribution in [1.82, 2.24) is 4.98 Å². The quantitative estimate of drug-likeness (QED) is 0.243. The van der Waals surface area contributed by atoms with Gasteiger partial charge in [-0.1, -0.05) is 68.4 Å². The van der Waals surface area contributed by atoms with Crippen molar-refractivity contribution in [2.45, 2.75) is 65.0 Å². The molecule has 0 fully saturated rings. The number of aryl methyl sites for hydroxylation is 1. The van der Waals surface area contributed by atoms with Gasteiger partial charge in [0, 0.05) is 11.1 Å². The van der Waals surface area contributed by atoms with Crippen molar-refractivity contribution in [3.05, 3.63) is 111 Å². The van der Waals surface area contributed by atoms with Gasteiger partial charge in [-0.2, -0.15) is 0 Å². The van der Waals surface area contributed by atoms with E-state index < -0.39 is 0 Å². The Morgan fingerprint density at radius 1 is 1.05 bits per heavy atom. The average Bonchev–Trinajstić information content (AvgIpc) is 3.35. The van der Waals surface area contributed by atoms with Crippen LogP contribution in [0.2, 0.25) is 0 Å². The zero-order chi connectivity index (χ0) is 25.8. The molecule has 1 heterocycles. The Balaban J connectivity index is 1.44. The molecule has 1 aliphatic carbocycles. The monoisotopic (exact) mass is 510 g/mol. The molecule has 5 rings (SSSR count). The Morgan fingerprint density at radius 3 is 2.54 bits per heavy atom. The molecular weight excluding hydrogens is 476 g/mol. The molecule has 5 heteroatoms. The minimum atomic E-state index is -0.200. The molecular formula is C32H34N2O2S. The lowest BCUT2D eigenvalue weighted by molar-refractivity contribution is -0.120. The molecule has 4 aromatic rings. The molecule has 37 heavy (non-hydrogen) atoms. The highest BCUT2D eigenvalue weighted by Crippen LogP contribution is 2.39. The van der Waals surface area contributed by atoms with Crippen molar-refractivity contribution in [2.75, 3.05) is 4.90 Å². The minimum Gasteiger partial charge on any atom is -0.489 e. The lowest BCUT2D eigenvalue weighted by Gasteiger charge is -2.31. The average molecular weight is 511 g/mol. The number of hydrogen-bond acceptors (Lipinski definition) is 4. The normalized spacial score (nSPS) is 14.9. The van der Waals surface area contributed by atoms with Gasteiger partial charge in [-0.05, 0) is 72.6 Å². The van der Waals surface area contributed by atoms with Gasteiger partial charge >= 0.3 is 0 Å². The zero-order valence-electron chi connectivity index (χ0n) is 21.8. The van der Waals surface area contributed by atoms with Crippen molar-refractivity contribution in [3.8, 4) is 5.75 Å². The van der Waals surface area contributed by atoms with Gasteiger partial charge in [-0.15, -0.1) is 11.3 Å². The van der Waals surface area contributed by atoms with E-state index >= 15 is 0 Å². The summed E-state index contributed by atoms with van der Waals surface area (Å²) < 4.78 is 6.26. The maximum Gasteiger partial charge on any atom is 0.234 e. The van der Waals surface area contributed by atoms with Crippen LogP contribution in [-0.2, 0) is 24.4 Å². The summed E-state index contributed by atoms with van der Waals surface area (Å²) >= 11 is 1.62. The number of aromatic nitrogens is 1. The number of rotatable bonds is 8. The van der Waals surface area contributed by atoms with Gasteiger partial charge in [0.25, 0.3) is 0 Å². The summed E-state index contributed by atoms with van der Waals surface area (Å²) in [5.41, 5.74) is 6.52. The number of fused-ring (bicyclic) bond motifs is 1. The van der Waals surface area contributed by atoms with E-state index in [1.54, 1.807) is 11.3 Å². The Labute approximate surface area is 224 Å². The maximum atomic E-state index is 14.2. The largest absolute Gasteiger partial charge is 0.489 e. The van der Waals surface area contributed by atoms with Gasteiger partial charge in [0.2, 0.25) is 5.91 Å². The van der Waals surface area contributed by atoms with Crippen LogP contribution in [0.15, 0.2) is 78.2 Å². The molecule has 0 saturated heterocycles. The number of hydrogen-bond donors (Lipinski definition) is 0. The summed E-state index contributed by atoms with van der Waals surface area (Å²) in [6.07, 6.45) is 2.73. The van der Waals surface area contributed by atoms with E-state index in [2.05, 4.69) is 66.7 Å². The molecule has 0 spiro atoms. The predicted octanol–water partition coefficient (Wildman–Crippen LogP) is 7.81. The lowest BCUT2D eigenvalue weighted by atomic mass is 9.81. The van der Waals surface area contributed by atoms with E-state index in [4.69, 9.17) is 4.74 Å². The second kappa shape index (κ2) is 11.3. The van der Waals surface area contributed by atoms with Gasteiger partial charge in [0.15, 0.2) is 0 Å². The van der Waals surface area contributed by atoms with Crippen LogP contribution in [0.4, 0.5) is 5.69 Å². The van der Waals surface area contributed by atoms with Crippen LogP contribution < -0.4 is 9.64 Å². The van der Waals surface area contributed by atoms with E-state index in [-0.39, 0.29) is 11.8 Å². The fourth-order valence-electron chi connectivity index (χ4n) is 5.11. The van der Waals surface area contributed by atoms with E-state index in [9.17, 15) is 4.79 Å². The highest BCUT2D eigenvalue weighted by Gasteiger charge is 2.32. The van der Waals surface area contributed by atoms with Crippen LogP contribution in [0.1, 0.15) is 71.5 Å². The van der Waals surface area contributed by atoms with E-state index in [0.29, 0.717) is 19.1 Å². The molecule has 0 bridgehead atoms. The van der Waals surface area contributed by atoms with Crippen molar-refractivity contribution >= 4 is 22.9 Å². The number of ether oxygens (including phenoxy) is 1. The predicted molar refractivity (Wildman–Crippen MR) is 151 cm³/mol. The molecule has 1 aromatic heterocycles. The number of carbonyl (C=O) groups excluding carboxylic acids is 1. The third-order valence-electron chi connectivity index (χ3n) is 7.12. The fourth-order valence-corrected chi connectivity index (χ4v) is 5.71. The van der Waals surface area contributed by atoms with Gasteiger partial charge in [0.1, 0.15) is 12.4 Å². The van der Waals surface area contributed by atoms with E-state index in [0.717, 1.165) is 52.5 Å².